The number of rotatable bonds is 5. The summed E-state index contributed by atoms with van der Waals surface area (Å²) in [5.41, 5.74) is 2.02. The number of halogens is 3. The van der Waals surface area contributed by atoms with E-state index in [2.05, 4.69) is 20.6 Å². The fraction of sp³-hybridized carbons (Fsp3) is 0.158. The van der Waals surface area contributed by atoms with Gasteiger partial charge in [-0.2, -0.15) is 4.98 Å². The zero-order chi connectivity index (χ0) is 19.6. The lowest BCUT2D eigenvalue weighted by Crippen LogP contribution is -2.05. The van der Waals surface area contributed by atoms with Gasteiger partial charge in [-0.15, -0.1) is 0 Å². The summed E-state index contributed by atoms with van der Waals surface area (Å²) in [5, 5.41) is 5.69. The van der Waals surface area contributed by atoms with Gasteiger partial charge in [0.05, 0.1) is 18.5 Å². The van der Waals surface area contributed by atoms with Gasteiger partial charge in [0.1, 0.15) is 11.6 Å². The number of benzene rings is 2. The monoisotopic (exact) mass is 374 g/mol. The minimum Gasteiger partial charge on any atom is -0.495 e. The SMILES string of the molecule is COc1ccc(C)cc1Nc1nc(C)cc(Nc2ccc(F)c(F)c2F)n1. The molecule has 0 atom stereocenters. The van der Waals surface area contributed by atoms with Crippen LogP contribution >= 0.6 is 0 Å². The molecule has 3 rings (SSSR count). The average molecular weight is 374 g/mol. The molecule has 0 saturated carbocycles. The zero-order valence-electron chi connectivity index (χ0n) is 14.9. The van der Waals surface area contributed by atoms with E-state index in [0.717, 1.165) is 17.7 Å². The number of anilines is 4. The third-order valence-corrected chi connectivity index (χ3v) is 3.75. The summed E-state index contributed by atoms with van der Waals surface area (Å²) in [5.74, 6) is -3.06. The standard InChI is InChI=1S/C19H17F3N4O/c1-10-4-7-15(27-3)14(8-10)25-19-23-11(2)9-16(26-19)24-13-6-5-12(20)17(21)18(13)22/h4-9H,1-3H3,(H2,23,24,25,26). The van der Waals surface area contributed by atoms with Gasteiger partial charge in [-0.05, 0) is 43.7 Å². The van der Waals surface area contributed by atoms with Crippen LogP contribution in [0.4, 0.5) is 36.3 Å². The maximum atomic E-state index is 13.9. The van der Waals surface area contributed by atoms with Crippen molar-refractivity contribution in [3.63, 3.8) is 0 Å². The van der Waals surface area contributed by atoms with Crippen LogP contribution in [-0.4, -0.2) is 17.1 Å². The van der Waals surface area contributed by atoms with Crippen molar-refractivity contribution in [1.29, 1.82) is 0 Å². The van der Waals surface area contributed by atoms with Crippen LogP contribution in [0.2, 0.25) is 0 Å². The Morgan fingerprint density at radius 3 is 2.37 bits per heavy atom. The smallest absolute Gasteiger partial charge is 0.229 e. The second kappa shape index (κ2) is 7.53. The first-order chi connectivity index (χ1) is 12.9. The molecule has 2 N–H and O–H groups in total. The van der Waals surface area contributed by atoms with E-state index in [1.165, 1.54) is 0 Å². The van der Waals surface area contributed by atoms with Crippen molar-refractivity contribution in [3.05, 3.63) is 65.1 Å². The number of ether oxygens (including phenoxy) is 1. The molecule has 140 valence electrons. The van der Waals surface area contributed by atoms with E-state index in [1.54, 1.807) is 20.1 Å². The van der Waals surface area contributed by atoms with Crippen LogP contribution in [0.25, 0.3) is 0 Å². The van der Waals surface area contributed by atoms with Crippen molar-refractivity contribution in [2.75, 3.05) is 17.7 Å². The molecule has 8 heteroatoms. The van der Waals surface area contributed by atoms with E-state index >= 15 is 0 Å². The maximum absolute atomic E-state index is 13.9. The molecule has 0 unspecified atom stereocenters. The first kappa shape index (κ1) is 18.5. The molecule has 0 aliphatic carbocycles. The average Bonchev–Trinajstić information content (AvgIpc) is 2.62. The van der Waals surface area contributed by atoms with Crippen LogP contribution in [0.15, 0.2) is 36.4 Å². The van der Waals surface area contributed by atoms with Crippen LogP contribution in [0.1, 0.15) is 11.3 Å². The Kier molecular flexibility index (Phi) is 5.16. The Morgan fingerprint density at radius 1 is 0.852 bits per heavy atom. The normalized spacial score (nSPS) is 10.6. The fourth-order valence-electron chi connectivity index (χ4n) is 2.49. The van der Waals surface area contributed by atoms with Gasteiger partial charge >= 0.3 is 0 Å². The number of hydrogen-bond donors (Lipinski definition) is 2. The molecular weight excluding hydrogens is 357 g/mol. The van der Waals surface area contributed by atoms with Gasteiger partial charge in [0.15, 0.2) is 17.5 Å². The summed E-state index contributed by atoms with van der Waals surface area (Å²) in [6.45, 7) is 3.66. The van der Waals surface area contributed by atoms with Gasteiger partial charge in [0, 0.05) is 11.8 Å². The van der Waals surface area contributed by atoms with Crippen molar-refractivity contribution < 1.29 is 17.9 Å². The molecule has 0 aliphatic rings. The second-order valence-electron chi connectivity index (χ2n) is 5.89. The highest BCUT2D eigenvalue weighted by molar-refractivity contribution is 5.65. The molecule has 0 radical (unpaired) electrons. The molecule has 0 aliphatic heterocycles. The zero-order valence-corrected chi connectivity index (χ0v) is 14.9. The Bertz CT molecular complexity index is 995. The lowest BCUT2D eigenvalue weighted by Gasteiger charge is -2.13. The molecule has 0 bridgehead atoms. The van der Waals surface area contributed by atoms with Gasteiger partial charge in [-0.3, -0.25) is 0 Å². The summed E-state index contributed by atoms with van der Waals surface area (Å²) >= 11 is 0. The highest BCUT2D eigenvalue weighted by atomic mass is 19.2. The van der Waals surface area contributed by atoms with Crippen LogP contribution < -0.4 is 15.4 Å². The molecule has 0 fully saturated rings. The Labute approximate surface area is 154 Å². The molecule has 3 aromatic rings. The lowest BCUT2D eigenvalue weighted by atomic mass is 10.2. The predicted molar refractivity (Wildman–Crippen MR) is 97.4 cm³/mol. The molecule has 1 aromatic heterocycles. The number of hydrogen-bond acceptors (Lipinski definition) is 5. The summed E-state index contributed by atoms with van der Waals surface area (Å²) < 4.78 is 45.7. The summed E-state index contributed by atoms with van der Waals surface area (Å²) in [7, 11) is 1.55. The molecular formula is C19H17F3N4O. The van der Waals surface area contributed by atoms with Crippen LogP contribution in [0.3, 0.4) is 0 Å². The molecule has 2 aromatic carbocycles. The van der Waals surface area contributed by atoms with E-state index in [0.29, 0.717) is 17.1 Å². The molecule has 5 nitrogen and oxygen atoms in total. The van der Waals surface area contributed by atoms with Gasteiger partial charge in [-0.25, -0.2) is 18.2 Å². The molecule has 1 heterocycles. The highest BCUT2D eigenvalue weighted by Crippen LogP contribution is 2.28. The quantitative estimate of drug-likeness (QED) is 0.615. The first-order valence-electron chi connectivity index (χ1n) is 8.05. The third kappa shape index (κ3) is 4.11. The second-order valence-corrected chi connectivity index (χ2v) is 5.89. The van der Waals surface area contributed by atoms with Crippen LogP contribution in [0.5, 0.6) is 5.75 Å². The van der Waals surface area contributed by atoms with Crippen molar-refractivity contribution in [1.82, 2.24) is 9.97 Å². The summed E-state index contributed by atoms with van der Waals surface area (Å²) in [6, 6.07) is 9.07. The largest absolute Gasteiger partial charge is 0.495 e. The van der Waals surface area contributed by atoms with Crippen LogP contribution in [-0.2, 0) is 0 Å². The van der Waals surface area contributed by atoms with E-state index < -0.39 is 17.5 Å². The minimum absolute atomic E-state index is 0.224. The van der Waals surface area contributed by atoms with Crippen LogP contribution in [0, 0.1) is 31.3 Å². The number of nitrogens with zero attached hydrogens (tertiary/aromatic N) is 2. The maximum Gasteiger partial charge on any atom is 0.229 e. The first-order valence-corrected chi connectivity index (χ1v) is 8.05. The Morgan fingerprint density at radius 2 is 1.63 bits per heavy atom. The third-order valence-electron chi connectivity index (χ3n) is 3.75. The van der Waals surface area contributed by atoms with Crippen molar-refractivity contribution in [3.8, 4) is 5.75 Å². The highest BCUT2D eigenvalue weighted by Gasteiger charge is 2.14. The van der Waals surface area contributed by atoms with E-state index in [4.69, 9.17) is 4.74 Å². The minimum atomic E-state index is -1.55. The number of nitrogens with one attached hydrogen (secondary N) is 2. The topological polar surface area (TPSA) is 59.1 Å². The van der Waals surface area contributed by atoms with Crippen molar-refractivity contribution in [2.24, 2.45) is 0 Å². The van der Waals surface area contributed by atoms with Crippen molar-refractivity contribution in [2.45, 2.75) is 13.8 Å². The van der Waals surface area contributed by atoms with E-state index in [-0.39, 0.29) is 17.5 Å². The summed E-state index contributed by atoms with van der Waals surface area (Å²) in [4.78, 5) is 8.53. The van der Waals surface area contributed by atoms with E-state index in [9.17, 15) is 13.2 Å². The number of methoxy groups -OCH3 is 1. The van der Waals surface area contributed by atoms with Gasteiger partial charge < -0.3 is 15.4 Å². The molecule has 0 saturated heterocycles. The van der Waals surface area contributed by atoms with Gasteiger partial charge in [0.2, 0.25) is 5.95 Å². The van der Waals surface area contributed by atoms with Crippen molar-refractivity contribution >= 4 is 23.1 Å². The molecule has 0 spiro atoms. The Hall–Kier alpha value is -3.29. The Balaban J connectivity index is 1.91. The van der Waals surface area contributed by atoms with Gasteiger partial charge in [-0.1, -0.05) is 6.07 Å². The van der Waals surface area contributed by atoms with E-state index in [1.807, 2.05) is 25.1 Å². The number of aromatic nitrogens is 2. The predicted octanol–water partition coefficient (Wildman–Crippen LogP) is 5.01. The van der Waals surface area contributed by atoms with Gasteiger partial charge in [0.25, 0.3) is 0 Å². The fourth-order valence-corrected chi connectivity index (χ4v) is 2.49. The lowest BCUT2D eigenvalue weighted by molar-refractivity contribution is 0.416. The molecule has 0 amide bonds. The molecule has 27 heavy (non-hydrogen) atoms. The summed E-state index contributed by atoms with van der Waals surface area (Å²) in [6.07, 6.45) is 0. The number of aryl methyl sites for hydroxylation is 2.